The number of aromatic carboxylic acids is 1. The Hall–Kier alpha value is -3.65. The molecule has 2 N–H and O–H groups in total. The van der Waals surface area contributed by atoms with Gasteiger partial charge >= 0.3 is 5.97 Å². The number of fused-ring (bicyclic) bond motifs is 1. The summed E-state index contributed by atoms with van der Waals surface area (Å²) in [6, 6.07) is 10.2. The quantitative estimate of drug-likeness (QED) is 0.297. The Morgan fingerprint density at radius 2 is 2.03 bits per heavy atom. The molecule has 0 radical (unpaired) electrons. The molecule has 4 aromatic rings. The molecule has 0 saturated carbocycles. The molecule has 35 heavy (non-hydrogen) atoms. The van der Waals surface area contributed by atoms with Gasteiger partial charge in [0.25, 0.3) is 0 Å². The van der Waals surface area contributed by atoms with Crippen molar-refractivity contribution in [1.29, 1.82) is 0 Å². The molecule has 0 aliphatic heterocycles. The van der Waals surface area contributed by atoms with Gasteiger partial charge in [0.15, 0.2) is 5.82 Å². The van der Waals surface area contributed by atoms with Crippen molar-refractivity contribution in [1.82, 2.24) is 14.5 Å². The number of nitrogens with zero attached hydrogens (tertiary/aromatic N) is 3. The van der Waals surface area contributed by atoms with Crippen LogP contribution < -0.4 is 10.1 Å². The summed E-state index contributed by atoms with van der Waals surface area (Å²) in [6.45, 7) is 4.98. The Labute approximate surface area is 207 Å². The molecule has 0 aliphatic carbocycles. The van der Waals surface area contributed by atoms with E-state index in [1.807, 2.05) is 30.5 Å². The highest BCUT2D eigenvalue weighted by Crippen LogP contribution is 2.33. The summed E-state index contributed by atoms with van der Waals surface area (Å²) in [5.74, 6) is -0.307. The van der Waals surface area contributed by atoms with E-state index in [0.717, 1.165) is 28.6 Å². The van der Waals surface area contributed by atoms with Crippen LogP contribution in [0.15, 0.2) is 42.7 Å². The van der Waals surface area contributed by atoms with Gasteiger partial charge in [0.2, 0.25) is 0 Å². The lowest BCUT2D eigenvalue weighted by Gasteiger charge is -2.14. The zero-order valence-electron chi connectivity index (χ0n) is 19.7. The predicted octanol–water partition coefficient (Wildman–Crippen LogP) is 5.97. The van der Waals surface area contributed by atoms with Crippen LogP contribution in [0.4, 0.5) is 10.2 Å². The highest BCUT2D eigenvalue weighted by atomic mass is 35.5. The van der Waals surface area contributed by atoms with Crippen molar-refractivity contribution < 1.29 is 19.0 Å². The van der Waals surface area contributed by atoms with Crippen LogP contribution in [0.2, 0.25) is 5.02 Å². The highest BCUT2D eigenvalue weighted by molar-refractivity contribution is 6.34. The largest absolute Gasteiger partial charge is 0.497 e. The van der Waals surface area contributed by atoms with E-state index in [0.29, 0.717) is 42.3 Å². The van der Waals surface area contributed by atoms with E-state index in [1.165, 1.54) is 25.6 Å². The molecule has 9 heteroatoms. The normalized spacial score (nSPS) is 11.1. The molecule has 4 rings (SSSR count). The molecular formula is C26H26ClFN4O3. The summed E-state index contributed by atoms with van der Waals surface area (Å²) in [5, 5.41) is 13.7. The predicted molar refractivity (Wildman–Crippen MR) is 135 cm³/mol. The summed E-state index contributed by atoms with van der Waals surface area (Å²) in [7, 11) is 1.52. The first-order valence-corrected chi connectivity index (χ1v) is 11.7. The Bertz CT molecular complexity index is 1400. The van der Waals surface area contributed by atoms with E-state index < -0.39 is 5.97 Å². The van der Waals surface area contributed by atoms with Gasteiger partial charge in [-0.15, -0.1) is 0 Å². The van der Waals surface area contributed by atoms with Crippen LogP contribution >= 0.6 is 11.6 Å². The number of aromatic nitrogens is 3. The lowest BCUT2D eigenvalue weighted by molar-refractivity contribution is 0.0697. The van der Waals surface area contributed by atoms with E-state index in [1.54, 1.807) is 12.1 Å². The number of benzene rings is 2. The third-order valence-corrected chi connectivity index (χ3v) is 6.35. The summed E-state index contributed by atoms with van der Waals surface area (Å²) in [4.78, 5) is 20.2. The van der Waals surface area contributed by atoms with Gasteiger partial charge in [0, 0.05) is 41.9 Å². The molecule has 0 saturated heterocycles. The second kappa shape index (κ2) is 10.3. The molecule has 7 nitrogen and oxygen atoms in total. The van der Waals surface area contributed by atoms with E-state index in [9.17, 15) is 14.3 Å². The van der Waals surface area contributed by atoms with Gasteiger partial charge < -0.3 is 19.7 Å². The van der Waals surface area contributed by atoms with Crippen LogP contribution in [0.5, 0.6) is 5.75 Å². The van der Waals surface area contributed by atoms with Gasteiger partial charge in [-0.2, -0.15) is 0 Å². The number of rotatable bonds is 9. The molecular weight excluding hydrogens is 471 g/mol. The van der Waals surface area contributed by atoms with E-state index in [2.05, 4.69) is 15.3 Å². The number of anilines is 1. The summed E-state index contributed by atoms with van der Waals surface area (Å²) >= 11 is 6.43. The van der Waals surface area contributed by atoms with Gasteiger partial charge in [0.05, 0.1) is 28.9 Å². The van der Waals surface area contributed by atoms with Gasteiger partial charge in [-0.05, 0) is 37.1 Å². The van der Waals surface area contributed by atoms with Crippen LogP contribution in [0.25, 0.3) is 22.2 Å². The Morgan fingerprint density at radius 1 is 1.23 bits per heavy atom. The number of aryl methyl sites for hydroxylation is 1. The monoisotopic (exact) mass is 496 g/mol. The second-order valence-electron chi connectivity index (χ2n) is 8.21. The number of nitrogens with one attached hydrogen (secondary N) is 1. The number of methoxy groups -OCH3 is 1. The maximum Gasteiger partial charge on any atom is 0.337 e. The van der Waals surface area contributed by atoms with Crippen LogP contribution in [0, 0.1) is 12.7 Å². The first kappa shape index (κ1) is 24.5. The van der Waals surface area contributed by atoms with Gasteiger partial charge in [0.1, 0.15) is 17.9 Å². The highest BCUT2D eigenvalue weighted by Gasteiger charge is 2.18. The molecule has 2 aromatic heterocycles. The summed E-state index contributed by atoms with van der Waals surface area (Å²) in [6.07, 6.45) is 2.88. The van der Waals surface area contributed by atoms with Crippen molar-refractivity contribution >= 4 is 34.3 Å². The van der Waals surface area contributed by atoms with Crippen LogP contribution in [0.3, 0.4) is 0 Å². The minimum absolute atomic E-state index is 0.0745. The maximum atomic E-state index is 14.7. The number of carbonyl (C=O) groups is 1. The molecule has 2 aromatic carbocycles. The average Bonchev–Trinajstić information content (AvgIpc) is 3.15. The zero-order chi connectivity index (χ0) is 25.1. The van der Waals surface area contributed by atoms with E-state index >= 15 is 0 Å². The van der Waals surface area contributed by atoms with E-state index in [4.69, 9.17) is 16.3 Å². The second-order valence-corrected chi connectivity index (χ2v) is 8.59. The Kier molecular flexibility index (Phi) is 7.21. The molecule has 182 valence electrons. The molecule has 0 fully saturated rings. The smallest absolute Gasteiger partial charge is 0.337 e. The van der Waals surface area contributed by atoms with Crippen molar-refractivity contribution in [2.24, 2.45) is 0 Å². The maximum absolute atomic E-state index is 14.7. The van der Waals surface area contributed by atoms with Gasteiger partial charge in [-0.3, -0.25) is 0 Å². The molecule has 0 bridgehead atoms. The van der Waals surface area contributed by atoms with Crippen LogP contribution in [-0.4, -0.2) is 39.3 Å². The number of hydrogen-bond acceptors (Lipinski definition) is 5. The lowest BCUT2D eigenvalue weighted by atomic mass is 9.97. The molecule has 0 unspecified atom stereocenters. The number of ether oxygens (including phenoxy) is 1. The molecule has 2 heterocycles. The zero-order valence-corrected chi connectivity index (χ0v) is 20.5. The molecule has 0 atom stereocenters. The molecule has 0 spiro atoms. The lowest BCUT2D eigenvalue weighted by Crippen LogP contribution is -2.13. The minimum Gasteiger partial charge on any atom is -0.497 e. The fraction of sp³-hybridized carbons (Fsp3) is 0.269. The van der Waals surface area contributed by atoms with Crippen molar-refractivity contribution in [3.63, 3.8) is 0 Å². The third-order valence-electron chi connectivity index (χ3n) is 5.92. The topological polar surface area (TPSA) is 89.3 Å². The molecule has 0 aliphatic rings. The van der Waals surface area contributed by atoms with Crippen molar-refractivity contribution in [2.75, 3.05) is 19.0 Å². The standard InChI is InChI=1S/C26H26ClFN4O3/c1-4-5-19-18(6-7-20(24(19)27)26(33)34)22-13-23(31-14-30-22)29-8-9-32-15(2)10-16-11-17(35-3)12-21(28)25(16)32/h6-7,10-14H,4-5,8-9H2,1-3H3,(H,33,34)(H,29,30,31). The van der Waals surface area contributed by atoms with E-state index in [-0.39, 0.29) is 16.4 Å². The Morgan fingerprint density at radius 3 is 2.74 bits per heavy atom. The number of carboxylic acids is 1. The fourth-order valence-electron chi connectivity index (χ4n) is 4.29. The van der Waals surface area contributed by atoms with Crippen molar-refractivity contribution in [3.05, 3.63) is 70.4 Å². The van der Waals surface area contributed by atoms with Gasteiger partial charge in [-0.25, -0.2) is 19.2 Å². The van der Waals surface area contributed by atoms with Crippen molar-refractivity contribution in [3.8, 4) is 17.0 Å². The summed E-state index contributed by atoms with van der Waals surface area (Å²) in [5.41, 5.74) is 3.71. The van der Waals surface area contributed by atoms with Crippen LogP contribution in [-0.2, 0) is 13.0 Å². The SMILES string of the molecule is CCCc1c(-c2cc(NCCn3c(C)cc4cc(OC)cc(F)c43)ncn2)ccc(C(=O)O)c1Cl. The number of carboxylic acid groups (broad SMARTS) is 1. The third kappa shape index (κ3) is 4.93. The summed E-state index contributed by atoms with van der Waals surface area (Å²) < 4.78 is 21.8. The van der Waals surface area contributed by atoms with Crippen molar-refractivity contribution in [2.45, 2.75) is 33.2 Å². The number of halogens is 2. The van der Waals surface area contributed by atoms with Gasteiger partial charge in [-0.1, -0.05) is 31.0 Å². The number of hydrogen-bond donors (Lipinski definition) is 2. The average molecular weight is 497 g/mol. The fourth-order valence-corrected chi connectivity index (χ4v) is 4.63. The Balaban J connectivity index is 1.56. The molecule has 0 amide bonds. The first-order chi connectivity index (χ1) is 16.8. The minimum atomic E-state index is -1.06. The van der Waals surface area contributed by atoms with Crippen LogP contribution in [0.1, 0.15) is 35.0 Å². The first-order valence-electron chi connectivity index (χ1n) is 11.3.